The summed E-state index contributed by atoms with van der Waals surface area (Å²) in [6, 6.07) is 5.24. The normalized spacial score (nSPS) is 13.6. The van der Waals surface area contributed by atoms with E-state index >= 15 is 0 Å². The van der Waals surface area contributed by atoms with Crippen molar-refractivity contribution >= 4 is 5.69 Å². The minimum Gasteiger partial charge on any atom is -0.487 e. The van der Waals surface area contributed by atoms with Gasteiger partial charge in [-0.05, 0) is 26.8 Å². The minimum absolute atomic E-state index is 0.0601. The van der Waals surface area contributed by atoms with Crippen molar-refractivity contribution in [1.29, 1.82) is 5.26 Å². The van der Waals surface area contributed by atoms with E-state index in [1.807, 2.05) is 13.8 Å². The Bertz CT molecular complexity index is 542. The van der Waals surface area contributed by atoms with Crippen molar-refractivity contribution in [1.82, 2.24) is 5.32 Å². The van der Waals surface area contributed by atoms with Crippen molar-refractivity contribution in [2.24, 2.45) is 0 Å². The summed E-state index contributed by atoms with van der Waals surface area (Å²) in [7, 11) is 0. The van der Waals surface area contributed by atoms with Gasteiger partial charge in [0.2, 0.25) is 0 Å². The van der Waals surface area contributed by atoms with Gasteiger partial charge in [0.15, 0.2) is 11.6 Å². The molecule has 0 amide bonds. The summed E-state index contributed by atoms with van der Waals surface area (Å²) < 4.78 is 18.9. The Labute approximate surface area is 116 Å². The summed E-state index contributed by atoms with van der Waals surface area (Å²) in [5.74, 6) is -0.952. The highest BCUT2D eigenvalue weighted by Gasteiger charge is 2.26. The third-order valence-corrected chi connectivity index (χ3v) is 2.50. The number of non-ortho nitro benzene ring substituents is 1. The van der Waals surface area contributed by atoms with Crippen LogP contribution in [0.4, 0.5) is 10.1 Å². The fourth-order valence-electron chi connectivity index (χ4n) is 1.69. The predicted octanol–water partition coefficient (Wildman–Crippen LogP) is 2.39. The second-order valence-corrected chi connectivity index (χ2v) is 4.90. The summed E-state index contributed by atoms with van der Waals surface area (Å²) in [5.41, 5.74) is -1.32. The topological polar surface area (TPSA) is 88.2 Å². The fourth-order valence-corrected chi connectivity index (χ4v) is 1.69. The van der Waals surface area contributed by atoms with Crippen LogP contribution in [0.3, 0.4) is 0 Å². The summed E-state index contributed by atoms with van der Waals surface area (Å²) >= 11 is 0. The second kappa shape index (κ2) is 6.30. The van der Waals surface area contributed by atoms with Crippen LogP contribution < -0.4 is 10.1 Å². The Morgan fingerprint density at radius 2 is 2.25 bits per heavy atom. The first-order chi connectivity index (χ1) is 9.27. The van der Waals surface area contributed by atoms with Crippen molar-refractivity contribution in [2.45, 2.75) is 32.4 Å². The molecule has 0 aliphatic carbocycles. The number of ether oxygens (including phenoxy) is 1. The van der Waals surface area contributed by atoms with E-state index in [9.17, 15) is 14.5 Å². The van der Waals surface area contributed by atoms with Gasteiger partial charge in [-0.3, -0.25) is 15.4 Å². The van der Waals surface area contributed by atoms with Gasteiger partial charge in [0.25, 0.3) is 5.69 Å². The van der Waals surface area contributed by atoms with Crippen LogP contribution in [0.2, 0.25) is 0 Å². The number of rotatable bonds is 6. The zero-order valence-electron chi connectivity index (χ0n) is 11.5. The van der Waals surface area contributed by atoms with E-state index in [4.69, 9.17) is 10.00 Å². The summed E-state index contributed by atoms with van der Waals surface area (Å²) in [4.78, 5) is 9.81. The number of nitro groups is 1. The van der Waals surface area contributed by atoms with Crippen LogP contribution >= 0.6 is 0 Å². The minimum atomic E-state index is -0.970. The third-order valence-electron chi connectivity index (χ3n) is 2.50. The van der Waals surface area contributed by atoms with Gasteiger partial charge in [0.05, 0.1) is 17.1 Å². The molecule has 1 N–H and O–H groups in total. The highest BCUT2D eigenvalue weighted by atomic mass is 19.1. The molecule has 1 rings (SSSR count). The first-order valence-corrected chi connectivity index (χ1v) is 6.03. The lowest BCUT2D eigenvalue weighted by Crippen LogP contribution is -2.49. The van der Waals surface area contributed by atoms with E-state index in [1.54, 1.807) is 6.92 Å². The zero-order chi connectivity index (χ0) is 15.3. The van der Waals surface area contributed by atoms with Gasteiger partial charge in [-0.25, -0.2) is 4.39 Å². The number of halogens is 1. The van der Waals surface area contributed by atoms with Gasteiger partial charge in [0, 0.05) is 12.1 Å². The first-order valence-electron chi connectivity index (χ1n) is 6.03. The molecule has 0 saturated carbocycles. The monoisotopic (exact) mass is 281 g/mol. The van der Waals surface area contributed by atoms with Crippen molar-refractivity contribution in [3.63, 3.8) is 0 Å². The standard InChI is InChI=1S/C13H16FN3O3/c1-9(2)16-13(3,7-15)8-20-12-5-4-10(17(18)19)6-11(12)14/h4-6,9,16H,8H2,1-3H3. The molecule has 1 aromatic rings. The average molecular weight is 281 g/mol. The van der Waals surface area contributed by atoms with Crippen molar-refractivity contribution in [3.8, 4) is 11.8 Å². The number of nitrogens with zero attached hydrogens (tertiary/aromatic N) is 2. The van der Waals surface area contributed by atoms with E-state index < -0.39 is 16.3 Å². The van der Waals surface area contributed by atoms with E-state index in [1.165, 1.54) is 6.07 Å². The number of nitrogens with one attached hydrogen (secondary N) is 1. The predicted molar refractivity (Wildman–Crippen MR) is 70.8 cm³/mol. The number of benzene rings is 1. The molecule has 0 bridgehead atoms. The molecule has 0 aromatic heterocycles. The quantitative estimate of drug-likeness (QED) is 0.639. The maximum absolute atomic E-state index is 13.6. The maximum Gasteiger partial charge on any atom is 0.272 e. The molecule has 0 radical (unpaired) electrons. The molecule has 108 valence electrons. The second-order valence-electron chi connectivity index (χ2n) is 4.90. The van der Waals surface area contributed by atoms with Crippen LogP contribution in [0, 0.1) is 27.3 Å². The van der Waals surface area contributed by atoms with Crippen molar-refractivity contribution in [2.75, 3.05) is 6.61 Å². The highest BCUT2D eigenvalue weighted by molar-refractivity contribution is 5.37. The Balaban J connectivity index is 2.79. The van der Waals surface area contributed by atoms with E-state index in [0.717, 1.165) is 12.1 Å². The SMILES string of the molecule is CC(C)NC(C)(C#N)COc1ccc([N+](=O)[O-])cc1F. The van der Waals surface area contributed by atoms with Crippen molar-refractivity contribution < 1.29 is 14.1 Å². The molecule has 0 saturated heterocycles. The molecule has 0 aliphatic rings. The lowest BCUT2D eigenvalue weighted by atomic mass is 10.1. The summed E-state index contributed by atoms with van der Waals surface area (Å²) in [6.07, 6.45) is 0. The van der Waals surface area contributed by atoms with E-state index in [-0.39, 0.29) is 24.1 Å². The number of hydrogen-bond donors (Lipinski definition) is 1. The van der Waals surface area contributed by atoms with Crippen LogP contribution in [0.25, 0.3) is 0 Å². The molecule has 1 aromatic carbocycles. The number of nitro benzene ring substituents is 1. The molecule has 0 heterocycles. The van der Waals surface area contributed by atoms with E-state index in [2.05, 4.69) is 11.4 Å². The molecule has 6 nitrogen and oxygen atoms in total. The highest BCUT2D eigenvalue weighted by Crippen LogP contribution is 2.23. The largest absolute Gasteiger partial charge is 0.487 e. The smallest absolute Gasteiger partial charge is 0.272 e. The molecule has 1 unspecified atom stereocenters. The average Bonchev–Trinajstić information content (AvgIpc) is 2.36. The molecule has 7 heteroatoms. The Hall–Kier alpha value is -2.20. The molecule has 0 aliphatic heterocycles. The molecule has 0 spiro atoms. The zero-order valence-corrected chi connectivity index (χ0v) is 11.5. The lowest BCUT2D eigenvalue weighted by Gasteiger charge is -2.25. The summed E-state index contributed by atoms with van der Waals surface area (Å²) in [5, 5.41) is 22.6. The molecule has 0 fully saturated rings. The Morgan fingerprint density at radius 3 is 2.70 bits per heavy atom. The van der Waals surface area contributed by atoms with Gasteiger partial charge < -0.3 is 4.74 Å². The van der Waals surface area contributed by atoms with Crippen molar-refractivity contribution in [3.05, 3.63) is 34.1 Å². The van der Waals surface area contributed by atoms with Crippen LogP contribution in [-0.4, -0.2) is 23.1 Å². The molecular formula is C13H16FN3O3. The van der Waals surface area contributed by atoms with Crippen LogP contribution in [0.1, 0.15) is 20.8 Å². The van der Waals surface area contributed by atoms with Gasteiger partial charge in [-0.15, -0.1) is 0 Å². The maximum atomic E-state index is 13.6. The van der Waals surface area contributed by atoms with Gasteiger partial charge in [-0.2, -0.15) is 5.26 Å². The van der Waals surface area contributed by atoms with Gasteiger partial charge >= 0.3 is 0 Å². The van der Waals surface area contributed by atoms with Crippen LogP contribution in [-0.2, 0) is 0 Å². The van der Waals surface area contributed by atoms with Crippen LogP contribution in [0.5, 0.6) is 5.75 Å². The fraction of sp³-hybridized carbons (Fsp3) is 0.462. The third kappa shape index (κ3) is 4.17. The molecule has 20 heavy (non-hydrogen) atoms. The van der Waals surface area contributed by atoms with Gasteiger partial charge in [0.1, 0.15) is 12.1 Å². The lowest BCUT2D eigenvalue weighted by molar-refractivity contribution is -0.385. The van der Waals surface area contributed by atoms with Gasteiger partial charge in [-0.1, -0.05) is 0 Å². The number of nitriles is 1. The molecule has 1 atom stereocenters. The first kappa shape index (κ1) is 15.9. The molecular weight excluding hydrogens is 265 g/mol. The van der Waals surface area contributed by atoms with E-state index in [0.29, 0.717) is 0 Å². The summed E-state index contributed by atoms with van der Waals surface area (Å²) in [6.45, 7) is 5.32. The number of hydrogen-bond acceptors (Lipinski definition) is 5. The Morgan fingerprint density at radius 1 is 1.60 bits per heavy atom. The Kier molecular flexibility index (Phi) is 5.00. The van der Waals surface area contributed by atoms with Crippen LogP contribution in [0.15, 0.2) is 18.2 Å².